The topological polar surface area (TPSA) is 180 Å². The van der Waals surface area contributed by atoms with Gasteiger partial charge in [0.05, 0.1) is 23.9 Å². The Morgan fingerprint density at radius 3 is 1.62 bits per heavy atom. The average Bonchev–Trinajstić information content (AvgIpc) is 3.21. The first-order chi connectivity index (χ1) is 32.8. The van der Waals surface area contributed by atoms with E-state index < -0.39 is 99.5 Å². The van der Waals surface area contributed by atoms with Crippen LogP contribution in [-0.2, 0) is 55.2 Å². The molecule has 0 saturated carbocycles. The highest BCUT2D eigenvalue weighted by molar-refractivity contribution is 6.74. The molecule has 0 fully saturated rings. The number of amides is 4. The SMILES string of the molecule is C[C@@H](OC(C)(C)C)[C@H](NC(=O)[C@H](CCC(=O)OC(C)(C)C)NC(=O)[C@H](Cc1ccccc1)C[C@@H](O[Si](C)(C)C(C)(C)C)[C@H](CCCO[Si](C)(C)C(C)(C)C)NC(=O)OC(C)(C)C)C(=O)NCc1ccccc1. The summed E-state index contributed by atoms with van der Waals surface area (Å²) in [5.41, 5.74) is -0.500. The van der Waals surface area contributed by atoms with Gasteiger partial charge in [-0.15, -0.1) is 0 Å². The lowest BCUT2D eigenvalue weighted by Gasteiger charge is -2.42. The highest BCUT2D eigenvalue weighted by Crippen LogP contribution is 2.40. The van der Waals surface area contributed by atoms with Gasteiger partial charge in [0, 0.05) is 25.5 Å². The summed E-state index contributed by atoms with van der Waals surface area (Å²) >= 11 is 0. The number of esters is 1. The molecule has 72 heavy (non-hydrogen) atoms. The number of ether oxygens (including phenoxy) is 3. The van der Waals surface area contributed by atoms with Crippen molar-refractivity contribution in [3.8, 4) is 0 Å². The van der Waals surface area contributed by atoms with Crippen LogP contribution < -0.4 is 21.3 Å². The van der Waals surface area contributed by atoms with E-state index in [0.29, 0.717) is 19.4 Å². The second kappa shape index (κ2) is 26.9. The summed E-state index contributed by atoms with van der Waals surface area (Å²) in [6.45, 7) is 40.4. The van der Waals surface area contributed by atoms with Crippen molar-refractivity contribution in [1.29, 1.82) is 0 Å². The van der Waals surface area contributed by atoms with Crippen LogP contribution in [0, 0.1) is 5.92 Å². The first-order valence-corrected chi connectivity index (χ1v) is 31.8. The maximum atomic E-state index is 15.2. The van der Waals surface area contributed by atoms with E-state index in [4.69, 9.17) is 23.1 Å². The van der Waals surface area contributed by atoms with Crippen molar-refractivity contribution in [2.24, 2.45) is 5.92 Å². The van der Waals surface area contributed by atoms with Gasteiger partial charge in [-0.25, -0.2) is 4.79 Å². The molecule has 0 bridgehead atoms. The number of carbonyl (C=O) groups excluding carboxylic acids is 5. The molecule has 0 aliphatic carbocycles. The number of benzene rings is 2. The fraction of sp³-hybridized carbons (Fsp3) is 0.696. The Hall–Kier alpha value is -4.10. The van der Waals surface area contributed by atoms with Crippen molar-refractivity contribution in [2.75, 3.05) is 6.61 Å². The van der Waals surface area contributed by atoms with Gasteiger partial charge in [-0.1, -0.05) is 102 Å². The minimum atomic E-state index is -2.62. The fourth-order valence-electron chi connectivity index (χ4n) is 7.35. The molecule has 2 aromatic carbocycles. The Morgan fingerprint density at radius 1 is 0.597 bits per heavy atom. The van der Waals surface area contributed by atoms with E-state index in [0.717, 1.165) is 11.1 Å². The molecule has 4 amide bonds. The van der Waals surface area contributed by atoms with Crippen molar-refractivity contribution >= 4 is 46.4 Å². The van der Waals surface area contributed by atoms with Crippen LogP contribution in [0.25, 0.3) is 0 Å². The number of hydrogen-bond donors (Lipinski definition) is 4. The molecule has 0 radical (unpaired) electrons. The standard InChI is InChI=1S/C56H96N4O10Si2/c1-39(67-52(2,3)4)47(50(64)57-38-41-30-25-22-26-31-41)60-49(63)44(33-34-46(61)68-53(5,6)7)58-48(62)42(36-40-28-23-21-24-29-40)37-45(70-72(19,20)56(14,15)16)43(59-51(65)69-54(8,9)10)32-27-35-66-71(17,18)55(11,12)13/h21-26,28-31,39,42-45,47H,27,32-38H2,1-20H3,(H,57,64)(H,58,62)(H,59,65)(H,60,63)/t39-,42-,43+,44+,45-,47+/m1/s1. The van der Waals surface area contributed by atoms with E-state index in [1.165, 1.54) is 0 Å². The summed E-state index contributed by atoms with van der Waals surface area (Å²) in [5.74, 6) is -2.97. The molecule has 6 atom stereocenters. The van der Waals surface area contributed by atoms with E-state index in [9.17, 15) is 19.2 Å². The van der Waals surface area contributed by atoms with Crippen LogP contribution in [0.1, 0.15) is 154 Å². The first kappa shape index (κ1) is 64.0. The summed E-state index contributed by atoms with van der Waals surface area (Å²) in [4.78, 5) is 71.1. The molecule has 0 aromatic heterocycles. The summed E-state index contributed by atoms with van der Waals surface area (Å²) in [6.07, 6.45) is -0.929. The lowest BCUT2D eigenvalue weighted by Crippen LogP contribution is -2.59. The van der Waals surface area contributed by atoms with Crippen molar-refractivity contribution < 1.29 is 47.0 Å². The predicted molar refractivity (Wildman–Crippen MR) is 293 cm³/mol. The normalized spacial score (nSPS) is 15.5. The van der Waals surface area contributed by atoms with Gasteiger partial charge in [0.15, 0.2) is 16.6 Å². The predicted octanol–water partition coefficient (Wildman–Crippen LogP) is 10.9. The van der Waals surface area contributed by atoms with Crippen molar-refractivity contribution in [3.05, 3.63) is 71.8 Å². The van der Waals surface area contributed by atoms with Gasteiger partial charge in [-0.2, -0.15) is 0 Å². The maximum Gasteiger partial charge on any atom is 0.407 e. The van der Waals surface area contributed by atoms with Gasteiger partial charge in [0.25, 0.3) is 0 Å². The molecule has 0 aliphatic rings. The number of rotatable bonds is 25. The molecule has 0 heterocycles. The van der Waals surface area contributed by atoms with Crippen LogP contribution in [-0.4, -0.2) is 100 Å². The Kier molecular flexibility index (Phi) is 23.9. The molecular formula is C56H96N4O10Si2. The Morgan fingerprint density at radius 2 is 1.12 bits per heavy atom. The third-order valence-electron chi connectivity index (χ3n) is 13.1. The van der Waals surface area contributed by atoms with Crippen molar-refractivity contribution in [3.63, 3.8) is 0 Å². The lowest BCUT2D eigenvalue weighted by molar-refractivity contribution is -0.155. The zero-order chi connectivity index (χ0) is 55.1. The number of alkyl carbamates (subject to hydrolysis) is 1. The maximum absolute atomic E-state index is 15.2. The molecule has 0 aliphatic heterocycles. The Balaban J connectivity index is 2.76. The third kappa shape index (κ3) is 23.8. The van der Waals surface area contributed by atoms with Crippen LogP contribution in [0.2, 0.25) is 36.3 Å². The summed E-state index contributed by atoms with van der Waals surface area (Å²) < 4.78 is 31.6. The molecular weight excluding hydrogens is 945 g/mol. The van der Waals surface area contributed by atoms with E-state index in [1.807, 2.05) is 102 Å². The van der Waals surface area contributed by atoms with Crippen molar-refractivity contribution in [1.82, 2.24) is 21.3 Å². The summed E-state index contributed by atoms with van der Waals surface area (Å²) in [7, 11) is -4.72. The minimum absolute atomic E-state index is 0.00295. The number of carbonyl (C=O) groups is 5. The summed E-state index contributed by atoms with van der Waals surface area (Å²) in [6, 6.07) is 16.0. The van der Waals surface area contributed by atoms with Gasteiger partial charge in [0.2, 0.25) is 17.7 Å². The summed E-state index contributed by atoms with van der Waals surface area (Å²) in [5, 5.41) is 11.8. The van der Waals surface area contributed by atoms with Crippen LogP contribution >= 0.6 is 0 Å². The molecule has 14 nitrogen and oxygen atoms in total. The van der Waals surface area contributed by atoms with Gasteiger partial charge in [-0.3, -0.25) is 19.2 Å². The van der Waals surface area contributed by atoms with Crippen molar-refractivity contribution in [2.45, 2.75) is 239 Å². The molecule has 16 heteroatoms. The fourth-order valence-corrected chi connectivity index (χ4v) is 9.81. The molecule has 4 N–H and O–H groups in total. The molecule has 0 spiro atoms. The van der Waals surface area contributed by atoms with Gasteiger partial charge in [-0.05, 0) is 149 Å². The van der Waals surface area contributed by atoms with E-state index in [2.05, 4.69) is 89.0 Å². The highest BCUT2D eigenvalue weighted by atomic mass is 28.4. The number of nitrogens with one attached hydrogen (secondary N) is 4. The van der Waals surface area contributed by atoms with Gasteiger partial charge >= 0.3 is 12.1 Å². The third-order valence-corrected chi connectivity index (χ3v) is 22.2. The lowest BCUT2D eigenvalue weighted by atomic mass is 9.89. The van der Waals surface area contributed by atoms with E-state index >= 15 is 4.79 Å². The molecule has 408 valence electrons. The van der Waals surface area contributed by atoms with Gasteiger partial charge in [0.1, 0.15) is 23.3 Å². The minimum Gasteiger partial charge on any atom is -0.460 e. The van der Waals surface area contributed by atoms with E-state index in [-0.39, 0.29) is 42.3 Å². The smallest absolute Gasteiger partial charge is 0.407 e. The molecule has 2 aromatic rings. The quantitative estimate of drug-likeness (QED) is 0.0425. The monoisotopic (exact) mass is 1040 g/mol. The molecule has 0 unspecified atom stereocenters. The van der Waals surface area contributed by atoms with Crippen LogP contribution in [0.5, 0.6) is 0 Å². The van der Waals surface area contributed by atoms with Crippen LogP contribution in [0.4, 0.5) is 4.79 Å². The average molecular weight is 1040 g/mol. The van der Waals surface area contributed by atoms with Gasteiger partial charge < -0.3 is 44.3 Å². The zero-order valence-electron chi connectivity index (χ0n) is 48.0. The van der Waals surface area contributed by atoms with Crippen LogP contribution in [0.3, 0.4) is 0 Å². The zero-order valence-corrected chi connectivity index (χ0v) is 50.0. The Labute approximate surface area is 436 Å². The highest BCUT2D eigenvalue weighted by Gasteiger charge is 2.44. The van der Waals surface area contributed by atoms with Crippen LogP contribution in [0.15, 0.2) is 60.7 Å². The molecule has 2 rings (SSSR count). The molecule has 0 saturated heterocycles. The first-order valence-electron chi connectivity index (χ1n) is 26.0. The second-order valence-electron chi connectivity index (χ2n) is 25.4. The number of hydrogen-bond acceptors (Lipinski definition) is 10. The largest absolute Gasteiger partial charge is 0.460 e. The Bertz CT molecular complexity index is 2020. The van der Waals surface area contributed by atoms with E-state index in [1.54, 1.807) is 27.7 Å². The second-order valence-corrected chi connectivity index (χ2v) is 34.9.